The fourth-order valence-corrected chi connectivity index (χ4v) is 2.12. The van der Waals surface area contributed by atoms with Crippen LogP contribution >= 0.6 is 0 Å². The Morgan fingerprint density at radius 2 is 1.84 bits per heavy atom. The molecule has 4 nitrogen and oxygen atoms in total. The Morgan fingerprint density at radius 3 is 2.68 bits per heavy atom. The van der Waals surface area contributed by atoms with Crippen molar-refractivity contribution in [1.82, 2.24) is 19.9 Å². The van der Waals surface area contributed by atoms with E-state index < -0.39 is 0 Å². The highest BCUT2D eigenvalue weighted by molar-refractivity contribution is 5.37. The minimum absolute atomic E-state index is 0.289. The molecule has 0 spiro atoms. The third-order valence-corrected chi connectivity index (χ3v) is 3.25. The molecule has 96 valence electrons. The van der Waals surface area contributed by atoms with Crippen molar-refractivity contribution in [2.24, 2.45) is 0 Å². The van der Waals surface area contributed by atoms with Crippen molar-refractivity contribution in [1.29, 1.82) is 0 Å². The standard InChI is InChI=1S/C15H16N4/c1-12(13-7-3-2-4-8-13)16-11-15-18-17-14-9-5-6-10-19(14)15/h2-10,12,16H,11H2,1H3. The highest BCUT2D eigenvalue weighted by Crippen LogP contribution is 2.12. The minimum Gasteiger partial charge on any atom is -0.303 e. The molecule has 1 atom stereocenters. The molecule has 0 fully saturated rings. The van der Waals surface area contributed by atoms with E-state index in [1.165, 1.54) is 5.56 Å². The maximum absolute atomic E-state index is 4.21. The van der Waals surface area contributed by atoms with Gasteiger partial charge in [-0.05, 0) is 24.6 Å². The first kappa shape index (κ1) is 11.9. The van der Waals surface area contributed by atoms with Gasteiger partial charge in [0.25, 0.3) is 0 Å². The molecule has 0 bridgehead atoms. The van der Waals surface area contributed by atoms with E-state index in [4.69, 9.17) is 0 Å². The molecule has 0 saturated carbocycles. The lowest BCUT2D eigenvalue weighted by Gasteiger charge is -2.13. The van der Waals surface area contributed by atoms with Gasteiger partial charge in [-0.15, -0.1) is 10.2 Å². The lowest BCUT2D eigenvalue weighted by molar-refractivity contribution is 0.556. The summed E-state index contributed by atoms with van der Waals surface area (Å²) in [5, 5.41) is 11.8. The molecule has 0 aliphatic carbocycles. The van der Waals surface area contributed by atoms with Crippen LogP contribution in [0.3, 0.4) is 0 Å². The van der Waals surface area contributed by atoms with Gasteiger partial charge in [-0.25, -0.2) is 0 Å². The molecule has 0 aliphatic rings. The van der Waals surface area contributed by atoms with Gasteiger partial charge < -0.3 is 5.32 Å². The van der Waals surface area contributed by atoms with Crippen LogP contribution < -0.4 is 5.32 Å². The monoisotopic (exact) mass is 252 g/mol. The molecular weight excluding hydrogens is 236 g/mol. The van der Waals surface area contributed by atoms with E-state index in [0.29, 0.717) is 6.54 Å². The summed E-state index contributed by atoms with van der Waals surface area (Å²) in [5.74, 6) is 0.929. The number of fused-ring (bicyclic) bond motifs is 1. The molecule has 1 N–H and O–H groups in total. The van der Waals surface area contributed by atoms with Gasteiger partial charge in [0, 0.05) is 12.2 Å². The SMILES string of the molecule is CC(NCc1nnc2ccccn12)c1ccccc1. The summed E-state index contributed by atoms with van der Waals surface area (Å²) < 4.78 is 2.00. The van der Waals surface area contributed by atoms with Gasteiger partial charge in [-0.3, -0.25) is 4.40 Å². The summed E-state index contributed by atoms with van der Waals surface area (Å²) in [7, 11) is 0. The summed E-state index contributed by atoms with van der Waals surface area (Å²) in [6.07, 6.45) is 1.99. The molecule has 0 radical (unpaired) electrons. The largest absolute Gasteiger partial charge is 0.303 e. The van der Waals surface area contributed by atoms with Gasteiger partial charge in [-0.2, -0.15) is 0 Å². The number of pyridine rings is 1. The second-order valence-corrected chi connectivity index (χ2v) is 4.56. The lowest BCUT2D eigenvalue weighted by Crippen LogP contribution is -2.19. The first-order valence-electron chi connectivity index (χ1n) is 6.41. The molecule has 4 heteroatoms. The van der Waals surface area contributed by atoms with E-state index in [1.54, 1.807) is 0 Å². The second-order valence-electron chi connectivity index (χ2n) is 4.56. The van der Waals surface area contributed by atoms with E-state index in [-0.39, 0.29) is 6.04 Å². The van der Waals surface area contributed by atoms with Crippen LogP contribution in [-0.4, -0.2) is 14.6 Å². The Balaban J connectivity index is 1.73. The average molecular weight is 252 g/mol. The van der Waals surface area contributed by atoms with Gasteiger partial charge >= 0.3 is 0 Å². The third-order valence-electron chi connectivity index (χ3n) is 3.25. The molecule has 0 saturated heterocycles. The van der Waals surface area contributed by atoms with Crippen LogP contribution in [0.15, 0.2) is 54.7 Å². The third kappa shape index (κ3) is 2.48. The predicted molar refractivity (Wildman–Crippen MR) is 74.7 cm³/mol. The van der Waals surface area contributed by atoms with Crippen LogP contribution in [0.1, 0.15) is 24.4 Å². The summed E-state index contributed by atoms with van der Waals surface area (Å²) in [4.78, 5) is 0. The first-order chi connectivity index (χ1) is 9.34. The molecule has 3 aromatic rings. The lowest BCUT2D eigenvalue weighted by atomic mass is 10.1. The minimum atomic E-state index is 0.289. The molecular formula is C15H16N4. The quantitative estimate of drug-likeness (QED) is 0.776. The summed E-state index contributed by atoms with van der Waals surface area (Å²) in [6.45, 7) is 2.85. The van der Waals surface area contributed by atoms with E-state index in [2.05, 4.69) is 46.7 Å². The van der Waals surface area contributed by atoms with Gasteiger partial charge in [-0.1, -0.05) is 36.4 Å². The van der Waals surface area contributed by atoms with Crippen molar-refractivity contribution in [3.05, 3.63) is 66.1 Å². The van der Waals surface area contributed by atoms with Crippen LogP contribution in [-0.2, 0) is 6.54 Å². The average Bonchev–Trinajstić information content (AvgIpc) is 2.89. The van der Waals surface area contributed by atoms with Gasteiger partial charge in [0.15, 0.2) is 11.5 Å². The molecule has 3 rings (SSSR count). The predicted octanol–water partition coefficient (Wildman–Crippen LogP) is 2.58. The van der Waals surface area contributed by atoms with Crippen molar-refractivity contribution in [3.63, 3.8) is 0 Å². The number of hydrogen-bond acceptors (Lipinski definition) is 3. The fraction of sp³-hybridized carbons (Fsp3) is 0.200. The fourth-order valence-electron chi connectivity index (χ4n) is 2.12. The van der Waals surface area contributed by atoms with Crippen LogP contribution in [0, 0.1) is 0 Å². The van der Waals surface area contributed by atoms with Crippen LogP contribution in [0.25, 0.3) is 5.65 Å². The maximum Gasteiger partial charge on any atom is 0.160 e. The van der Waals surface area contributed by atoms with Crippen LogP contribution in [0.2, 0.25) is 0 Å². The number of nitrogens with one attached hydrogen (secondary N) is 1. The Labute approximate surface area is 112 Å². The van der Waals surface area contributed by atoms with Crippen molar-refractivity contribution in [2.45, 2.75) is 19.5 Å². The summed E-state index contributed by atoms with van der Waals surface area (Å²) >= 11 is 0. The molecule has 19 heavy (non-hydrogen) atoms. The van der Waals surface area contributed by atoms with E-state index in [9.17, 15) is 0 Å². The number of benzene rings is 1. The molecule has 1 aromatic carbocycles. The van der Waals surface area contributed by atoms with Gasteiger partial charge in [0.1, 0.15) is 0 Å². The zero-order valence-electron chi connectivity index (χ0n) is 10.8. The van der Waals surface area contributed by atoms with Gasteiger partial charge in [0.05, 0.1) is 6.54 Å². The maximum atomic E-state index is 4.21. The van der Waals surface area contributed by atoms with Gasteiger partial charge in [0.2, 0.25) is 0 Å². The topological polar surface area (TPSA) is 42.2 Å². The van der Waals surface area contributed by atoms with E-state index >= 15 is 0 Å². The molecule has 1 unspecified atom stereocenters. The Bertz CT molecular complexity index is 660. The van der Waals surface area contributed by atoms with Crippen molar-refractivity contribution in [3.8, 4) is 0 Å². The van der Waals surface area contributed by atoms with Crippen LogP contribution in [0.4, 0.5) is 0 Å². The number of aromatic nitrogens is 3. The van der Waals surface area contributed by atoms with Crippen LogP contribution in [0.5, 0.6) is 0 Å². The second kappa shape index (κ2) is 5.20. The van der Waals surface area contributed by atoms with E-state index in [1.807, 2.05) is 34.9 Å². The summed E-state index contributed by atoms with van der Waals surface area (Å²) in [5.41, 5.74) is 2.16. The number of hydrogen-bond donors (Lipinski definition) is 1. The Morgan fingerprint density at radius 1 is 1.05 bits per heavy atom. The summed E-state index contributed by atoms with van der Waals surface area (Å²) in [6, 6.07) is 16.6. The molecule has 0 amide bonds. The molecule has 0 aliphatic heterocycles. The highest BCUT2D eigenvalue weighted by atomic mass is 15.3. The van der Waals surface area contributed by atoms with Crippen molar-refractivity contribution >= 4 is 5.65 Å². The smallest absolute Gasteiger partial charge is 0.160 e. The number of rotatable bonds is 4. The van der Waals surface area contributed by atoms with Crippen molar-refractivity contribution in [2.75, 3.05) is 0 Å². The molecule has 2 aromatic heterocycles. The van der Waals surface area contributed by atoms with E-state index in [0.717, 1.165) is 11.5 Å². The Hall–Kier alpha value is -2.20. The number of nitrogens with zero attached hydrogens (tertiary/aromatic N) is 3. The zero-order chi connectivity index (χ0) is 13.1. The Kier molecular flexibility index (Phi) is 3.25. The normalized spacial score (nSPS) is 12.7. The zero-order valence-corrected chi connectivity index (χ0v) is 10.8. The molecule has 2 heterocycles. The first-order valence-corrected chi connectivity index (χ1v) is 6.41. The van der Waals surface area contributed by atoms with Crippen molar-refractivity contribution < 1.29 is 0 Å². The highest BCUT2D eigenvalue weighted by Gasteiger charge is 2.07.